The number of nitrogens with one attached hydrogen (secondary N) is 2. The van der Waals surface area contributed by atoms with Crippen molar-refractivity contribution in [2.24, 2.45) is 11.8 Å². The van der Waals surface area contributed by atoms with Crippen LogP contribution in [-0.4, -0.2) is 35.0 Å². The molecule has 3 N–H and O–H groups in total. The first-order valence-corrected chi connectivity index (χ1v) is 9.28. The Morgan fingerprint density at radius 2 is 1.62 bits per heavy atom. The molecule has 2 saturated carbocycles. The fourth-order valence-corrected chi connectivity index (χ4v) is 3.83. The Morgan fingerprint density at radius 1 is 1.00 bits per heavy atom. The molecule has 136 valence electrons. The first kappa shape index (κ1) is 18.7. The third-order valence-electron chi connectivity index (χ3n) is 5.39. The largest absolute Gasteiger partial charge is 0.480 e. The summed E-state index contributed by atoms with van der Waals surface area (Å²) in [6.45, 7) is 1.47. The zero-order valence-corrected chi connectivity index (χ0v) is 14.6. The van der Waals surface area contributed by atoms with E-state index in [2.05, 4.69) is 10.6 Å². The van der Waals surface area contributed by atoms with E-state index in [0.29, 0.717) is 25.2 Å². The fourth-order valence-electron chi connectivity index (χ4n) is 3.83. The summed E-state index contributed by atoms with van der Waals surface area (Å²) in [7, 11) is 0. The van der Waals surface area contributed by atoms with Crippen LogP contribution in [0.1, 0.15) is 71.1 Å². The number of carbonyl (C=O) groups is 3. The number of hydrogen-bond donors (Lipinski definition) is 3. The van der Waals surface area contributed by atoms with Crippen LogP contribution in [0.15, 0.2) is 0 Å². The highest BCUT2D eigenvalue weighted by Crippen LogP contribution is 2.27. The lowest BCUT2D eigenvalue weighted by atomic mass is 9.84. The van der Waals surface area contributed by atoms with Crippen molar-refractivity contribution in [3.8, 4) is 0 Å². The standard InChI is InChI=1S/C18H30N2O4/c1-12(18(23)24)19-17(22)14-7-9-15(10-8-14)20-16(21)11-13-5-3-2-4-6-13/h12-15H,2-11H2,1H3,(H,19,22)(H,20,21)(H,23,24). The van der Waals surface area contributed by atoms with E-state index < -0.39 is 12.0 Å². The highest BCUT2D eigenvalue weighted by molar-refractivity contribution is 5.84. The van der Waals surface area contributed by atoms with Gasteiger partial charge in [-0.3, -0.25) is 14.4 Å². The molecule has 0 heterocycles. The van der Waals surface area contributed by atoms with Crippen molar-refractivity contribution in [1.82, 2.24) is 10.6 Å². The molecule has 0 aliphatic heterocycles. The van der Waals surface area contributed by atoms with Crippen LogP contribution in [0.2, 0.25) is 0 Å². The molecule has 0 bridgehead atoms. The van der Waals surface area contributed by atoms with Crippen molar-refractivity contribution in [3.05, 3.63) is 0 Å². The van der Waals surface area contributed by atoms with Crippen molar-refractivity contribution >= 4 is 17.8 Å². The van der Waals surface area contributed by atoms with E-state index >= 15 is 0 Å². The molecule has 0 radical (unpaired) electrons. The van der Waals surface area contributed by atoms with Gasteiger partial charge in [0.05, 0.1) is 0 Å². The summed E-state index contributed by atoms with van der Waals surface area (Å²) < 4.78 is 0. The molecular weight excluding hydrogens is 308 g/mol. The molecule has 0 aromatic rings. The summed E-state index contributed by atoms with van der Waals surface area (Å²) >= 11 is 0. The zero-order chi connectivity index (χ0) is 17.5. The van der Waals surface area contributed by atoms with Crippen LogP contribution < -0.4 is 10.6 Å². The lowest BCUT2D eigenvalue weighted by molar-refractivity contribution is -0.142. The van der Waals surface area contributed by atoms with Crippen LogP contribution in [0.25, 0.3) is 0 Å². The Morgan fingerprint density at radius 3 is 2.21 bits per heavy atom. The molecule has 6 heteroatoms. The smallest absolute Gasteiger partial charge is 0.325 e. The molecule has 0 aromatic carbocycles. The number of carboxylic acid groups (broad SMARTS) is 1. The second-order valence-corrected chi connectivity index (χ2v) is 7.39. The van der Waals surface area contributed by atoms with Gasteiger partial charge in [-0.25, -0.2) is 0 Å². The van der Waals surface area contributed by atoms with Gasteiger partial charge in [0.15, 0.2) is 0 Å². The average molecular weight is 338 g/mol. The predicted molar refractivity (Wildman–Crippen MR) is 90.3 cm³/mol. The minimum atomic E-state index is -1.02. The van der Waals surface area contributed by atoms with Crippen LogP contribution in [0.4, 0.5) is 0 Å². The molecule has 24 heavy (non-hydrogen) atoms. The van der Waals surface area contributed by atoms with Crippen molar-refractivity contribution < 1.29 is 19.5 Å². The average Bonchev–Trinajstić information content (AvgIpc) is 2.56. The molecule has 0 spiro atoms. The number of aliphatic carboxylic acids is 1. The third-order valence-corrected chi connectivity index (χ3v) is 5.39. The summed E-state index contributed by atoms with van der Waals surface area (Å²) in [5.74, 6) is -0.658. The maximum Gasteiger partial charge on any atom is 0.325 e. The van der Waals surface area contributed by atoms with Gasteiger partial charge < -0.3 is 15.7 Å². The van der Waals surface area contributed by atoms with E-state index in [-0.39, 0.29) is 23.8 Å². The first-order valence-electron chi connectivity index (χ1n) is 9.28. The molecule has 1 unspecified atom stereocenters. The molecular formula is C18H30N2O4. The Kier molecular flexibility index (Phi) is 7.06. The monoisotopic (exact) mass is 338 g/mol. The maximum absolute atomic E-state index is 12.2. The van der Waals surface area contributed by atoms with Crippen LogP contribution in [0.5, 0.6) is 0 Å². The molecule has 2 aliphatic rings. The van der Waals surface area contributed by atoms with Crippen molar-refractivity contribution in [2.45, 2.75) is 83.2 Å². The van der Waals surface area contributed by atoms with E-state index in [1.165, 1.54) is 39.0 Å². The lowest BCUT2D eigenvalue weighted by Crippen LogP contribution is -2.45. The number of carbonyl (C=O) groups excluding carboxylic acids is 2. The van der Waals surface area contributed by atoms with Crippen LogP contribution in [0.3, 0.4) is 0 Å². The molecule has 2 aliphatic carbocycles. The Labute approximate surface area is 143 Å². The van der Waals surface area contributed by atoms with Crippen LogP contribution in [0, 0.1) is 11.8 Å². The summed E-state index contributed by atoms with van der Waals surface area (Å²) in [5, 5.41) is 14.5. The topological polar surface area (TPSA) is 95.5 Å². The number of rotatable bonds is 6. The molecule has 0 aromatic heterocycles. The van der Waals surface area contributed by atoms with Crippen molar-refractivity contribution in [2.75, 3.05) is 0 Å². The van der Waals surface area contributed by atoms with Crippen molar-refractivity contribution in [1.29, 1.82) is 0 Å². The number of amides is 2. The van der Waals surface area contributed by atoms with Gasteiger partial charge in [-0.2, -0.15) is 0 Å². The van der Waals surface area contributed by atoms with Gasteiger partial charge in [0.1, 0.15) is 6.04 Å². The van der Waals surface area contributed by atoms with Crippen molar-refractivity contribution in [3.63, 3.8) is 0 Å². The van der Waals surface area contributed by atoms with Gasteiger partial charge in [0.25, 0.3) is 0 Å². The summed E-state index contributed by atoms with van der Waals surface area (Å²) in [6, 6.07) is -0.701. The van der Waals surface area contributed by atoms with E-state index in [1.54, 1.807) is 0 Å². The second kappa shape index (κ2) is 9.04. The van der Waals surface area contributed by atoms with Gasteiger partial charge >= 0.3 is 5.97 Å². The zero-order valence-electron chi connectivity index (χ0n) is 14.6. The van der Waals surface area contributed by atoms with Gasteiger partial charge in [-0.15, -0.1) is 0 Å². The highest BCUT2D eigenvalue weighted by atomic mass is 16.4. The molecule has 2 amide bonds. The van der Waals surface area contributed by atoms with E-state index in [0.717, 1.165) is 12.8 Å². The normalized spacial score (nSPS) is 26.4. The predicted octanol–water partition coefficient (Wildman–Crippen LogP) is 2.22. The van der Waals surface area contributed by atoms with Crippen LogP contribution in [-0.2, 0) is 14.4 Å². The van der Waals surface area contributed by atoms with Gasteiger partial charge in [0.2, 0.25) is 11.8 Å². The summed E-state index contributed by atoms with van der Waals surface area (Å²) in [5.41, 5.74) is 0. The van der Waals surface area contributed by atoms with E-state index in [4.69, 9.17) is 5.11 Å². The second-order valence-electron chi connectivity index (χ2n) is 7.39. The lowest BCUT2D eigenvalue weighted by Gasteiger charge is -2.29. The minimum absolute atomic E-state index is 0.140. The Bertz CT molecular complexity index is 452. The first-order chi connectivity index (χ1) is 11.5. The van der Waals surface area contributed by atoms with E-state index in [1.807, 2.05) is 0 Å². The SMILES string of the molecule is CC(NC(=O)C1CCC(NC(=O)CC2CCCCC2)CC1)C(=O)O. The highest BCUT2D eigenvalue weighted by Gasteiger charge is 2.29. The molecule has 6 nitrogen and oxygen atoms in total. The molecule has 2 fully saturated rings. The Balaban J connectivity index is 1.67. The quantitative estimate of drug-likeness (QED) is 0.692. The number of hydrogen-bond acceptors (Lipinski definition) is 3. The molecule has 0 saturated heterocycles. The fraction of sp³-hybridized carbons (Fsp3) is 0.833. The van der Waals surface area contributed by atoms with Gasteiger partial charge in [-0.05, 0) is 51.4 Å². The van der Waals surface area contributed by atoms with Gasteiger partial charge in [0, 0.05) is 18.4 Å². The minimum Gasteiger partial charge on any atom is -0.480 e. The summed E-state index contributed by atoms with van der Waals surface area (Å²) in [6.07, 6.45) is 9.73. The number of carboxylic acids is 1. The Hall–Kier alpha value is -1.59. The van der Waals surface area contributed by atoms with Gasteiger partial charge in [-0.1, -0.05) is 19.3 Å². The molecule has 2 rings (SSSR count). The van der Waals surface area contributed by atoms with Crippen LogP contribution >= 0.6 is 0 Å². The van der Waals surface area contributed by atoms with E-state index in [9.17, 15) is 14.4 Å². The maximum atomic E-state index is 12.2. The molecule has 1 atom stereocenters. The third kappa shape index (κ3) is 5.80. The summed E-state index contributed by atoms with van der Waals surface area (Å²) in [4.78, 5) is 35.0.